The highest BCUT2D eigenvalue weighted by Crippen LogP contribution is 2.32. The van der Waals surface area contributed by atoms with Gasteiger partial charge < -0.3 is 12.4 Å². The third kappa shape index (κ3) is 8.07. The number of halogens is 1. The van der Waals surface area contributed by atoms with E-state index in [1.807, 2.05) is 0 Å². The first-order chi connectivity index (χ1) is 12.8. The van der Waals surface area contributed by atoms with Crippen LogP contribution in [0.15, 0.2) is 60.7 Å². The predicted octanol–water partition coefficient (Wildman–Crippen LogP) is 4.88. The monoisotopic (exact) mass is 387 g/mol. The van der Waals surface area contributed by atoms with Gasteiger partial charge in [0, 0.05) is 0 Å². The van der Waals surface area contributed by atoms with Crippen LogP contribution in [0.25, 0.3) is 0 Å². The van der Waals surface area contributed by atoms with Crippen molar-refractivity contribution in [1.82, 2.24) is 4.48 Å². The quantitative estimate of drug-likeness (QED) is 0.339. The first kappa shape index (κ1) is 23.7. The highest BCUT2D eigenvalue weighted by atomic mass is 35.5. The molecule has 2 rings (SSSR count). The van der Waals surface area contributed by atoms with Crippen molar-refractivity contribution in [2.45, 2.75) is 71.1 Å². The van der Waals surface area contributed by atoms with Crippen LogP contribution in [0.4, 0.5) is 11.4 Å². The van der Waals surface area contributed by atoms with Crippen molar-refractivity contribution >= 4 is 11.4 Å². The maximum Gasteiger partial charge on any atom is 0.137 e. The van der Waals surface area contributed by atoms with E-state index in [0.29, 0.717) is 0 Å². The van der Waals surface area contributed by atoms with Gasteiger partial charge in [-0.25, -0.2) is 0 Å². The summed E-state index contributed by atoms with van der Waals surface area (Å²) in [5.41, 5.74) is 2.77. The number of nitrogens with zero attached hydrogens (tertiary/aromatic N) is 1. The van der Waals surface area contributed by atoms with E-state index >= 15 is 0 Å². The summed E-state index contributed by atoms with van der Waals surface area (Å²) in [4.78, 5) is 0. The number of para-hydroxylation sites is 2. The van der Waals surface area contributed by atoms with Crippen LogP contribution in [-0.2, 0) is 0 Å². The van der Waals surface area contributed by atoms with Gasteiger partial charge in [-0.15, -0.1) is 0 Å². The Morgan fingerprint density at radius 3 is 1.33 bits per heavy atom. The van der Waals surface area contributed by atoms with Gasteiger partial charge in [-0.3, -0.25) is 4.48 Å². The predicted molar refractivity (Wildman–Crippen MR) is 117 cm³/mol. The molecule has 0 saturated carbocycles. The molecule has 0 aromatic heterocycles. The van der Waals surface area contributed by atoms with E-state index in [-0.39, 0.29) is 12.4 Å². The van der Waals surface area contributed by atoms with E-state index in [1.54, 1.807) is 0 Å². The molecule has 150 valence electrons. The van der Waals surface area contributed by atoms with Crippen molar-refractivity contribution in [1.29, 1.82) is 0 Å². The van der Waals surface area contributed by atoms with Gasteiger partial charge in [-0.05, 0) is 37.1 Å². The maximum absolute atomic E-state index is 2.36. The van der Waals surface area contributed by atoms with Crippen LogP contribution in [-0.4, -0.2) is 13.6 Å². The van der Waals surface area contributed by atoms with Crippen LogP contribution in [0.3, 0.4) is 0 Å². The molecule has 27 heavy (non-hydrogen) atoms. The van der Waals surface area contributed by atoms with Crippen molar-refractivity contribution in [3.8, 4) is 0 Å². The zero-order valence-electron chi connectivity index (χ0n) is 17.4. The Morgan fingerprint density at radius 2 is 0.926 bits per heavy atom. The molecule has 0 spiro atoms. The second-order valence-electron chi connectivity index (χ2n) is 7.77. The minimum atomic E-state index is 0. The summed E-state index contributed by atoms with van der Waals surface area (Å²) in [6, 6.07) is 21.9. The maximum atomic E-state index is 2.36. The third-order valence-electron chi connectivity index (χ3n) is 5.61. The van der Waals surface area contributed by atoms with E-state index in [9.17, 15) is 0 Å². The van der Waals surface area contributed by atoms with E-state index in [0.717, 1.165) is 4.48 Å². The molecule has 1 nitrogen and oxygen atoms in total. The largest absolute Gasteiger partial charge is 1.00 e. The van der Waals surface area contributed by atoms with Gasteiger partial charge in [-0.2, -0.15) is 0 Å². The molecule has 0 heterocycles. The molecule has 0 bridgehead atoms. The van der Waals surface area contributed by atoms with E-state index in [4.69, 9.17) is 0 Å². The molecule has 2 heteroatoms. The Hall–Kier alpha value is -1.31. The van der Waals surface area contributed by atoms with Crippen molar-refractivity contribution in [2.75, 3.05) is 13.6 Å². The Labute approximate surface area is 173 Å². The normalized spacial score (nSPS) is 11.2. The molecule has 0 radical (unpaired) electrons. The number of hydrogen-bond donors (Lipinski definition) is 0. The topological polar surface area (TPSA) is 0 Å². The van der Waals surface area contributed by atoms with Gasteiger partial charge in [0.05, 0.1) is 13.6 Å². The fraction of sp³-hybridized carbons (Fsp3) is 0.520. The van der Waals surface area contributed by atoms with Crippen LogP contribution in [0.5, 0.6) is 0 Å². The minimum Gasteiger partial charge on any atom is -1.00 e. The number of benzene rings is 2. The van der Waals surface area contributed by atoms with E-state index in [2.05, 4.69) is 74.6 Å². The summed E-state index contributed by atoms with van der Waals surface area (Å²) in [6.07, 6.45) is 13.9. The molecule has 2 aromatic rings. The second-order valence-corrected chi connectivity index (χ2v) is 7.77. The minimum absolute atomic E-state index is 0. The second kappa shape index (κ2) is 13.8. The fourth-order valence-corrected chi connectivity index (χ4v) is 3.84. The molecule has 0 fully saturated rings. The third-order valence-corrected chi connectivity index (χ3v) is 5.61. The van der Waals surface area contributed by atoms with E-state index in [1.165, 1.54) is 82.1 Å². The lowest BCUT2D eigenvalue weighted by atomic mass is 10.1. The molecule has 0 aliphatic carbocycles. The standard InChI is InChI=1S/C25H38N.ClH/c1-3-4-5-6-7-8-9-10-11-18-23-26(2,24-19-14-12-15-20-24)25-21-16-13-17-22-25;/h12-17,19-22H,3-11,18,23H2,1-2H3;1H/q+1;/p-1. The van der Waals surface area contributed by atoms with Crippen LogP contribution in [0, 0.1) is 0 Å². The van der Waals surface area contributed by atoms with Crippen LogP contribution < -0.4 is 16.9 Å². The molecule has 0 atom stereocenters. The van der Waals surface area contributed by atoms with Gasteiger partial charge in [0.15, 0.2) is 0 Å². The van der Waals surface area contributed by atoms with Crippen molar-refractivity contribution < 1.29 is 12.4 Å². The van der Waals surface area contributed by atoms with Crippen LogP contribution >= 0.6 is 0 Å². The van der Waals surface area contributed by atoms with E-state index < -0.39 is 0 Å². The average molecular weight is 388 g/mol. The molecular formula is C25H38ClN. The molecule has 2 aromatic carbocycles. The van der Waals surface area contributed by atoms with Crippen molar-refractivity contribution in [3.05, 3.63) is 60.7 Å². The molecule has 0 saturated heterocycles. The van der Waals surface area contributed by atoms with Gasteiger partial charge in [-0.1, -0.05) is 94.7 Å². The van der Waals surface area contributed by atoms with Crippen LogP contribution in [0.2, 0.25) is 0 Å². The Bertz CT molecular complexity index is 542. The van der Waals surface area contributed by atoms with Crippen LogP contribution in [0.1, 0.15) is 71.1 Å². The molecule has 0 unspecified atom stereocenters. The van der Waals surface area contributed by atoms with Gasteiger partial charge in [0.25, 0.3) is 0 Å². The smallest absolute Gasteiger partial charge is 0.137 e. The van der Waals surface area contributed by atoms with Gasteiger partial charge in [0.2, 0.25) is 0 Å². The zero-order valence-corrected chi connectivity index (χ0v) is 18.1. The lowest BCUT2D eigenvalue weighted by Gasteiger charge is -2.33. The summed E-state index contributed by atoms with van der Waals surface area (Å²) < 4.78 is 0.901. The summed E-state index contributed by atoms with van der Waals surface area (Å²) in [6.45, 7) is 3.46. The highest BCUT2D eigenvalue weighted by molar-refractivity contribution is 5.57. The number of unbranched alkanes of at least 4 members (excludes halogenated alkanes) is 9. The zero-order chi connectivity index (χ0) is 18.5. The summed E-state index contributed by atoms with van der Waals surface area (Å²) in [7, 11) is 2.36. The molecular weight excluding hydrogens is 350 g/mol. The van der Waals surface area contributed by atoms with Gasteiger partial charge >= 0.3 is 0 Å². The first-order valence-corrected chi connectivity index (χ1v) is 10.7. The number of rotatable bonds is 13. The summed E-state index contributed by atoms with van der Waals surface area (Å²) in [5.74, 6) is 0. The highest BCUT2D eigenvalue weighted by Gasteiger charge is 2.27. The molecule has 0 amide bonds. The van der Waals surface area contributed by atoms with Crippen molar-refractivity contribution in [3.63, 3.8) is 0 Å². The SMILES string of the molecule is CCCCCCCCCCCC[N+](C)(c1ccccc1)c1ccccc1.[Cl-]. The average Bonchev–Trinajstić information content (AvgIpc) is 2.70. The number of hydrogen-bond acceptors (Lipinski definition) is 0. The lowest BCUT2D eigenvalue weighted by molar-refractivity contribution is -0.00000549. The molecule has 0 aliphatic heterocycles. The lowest BCUT2D eigenvalue weighted by Crippen LogP contribution is -3.00. The van der Waals surface area contributed by atoms with Gasteiger partial charge in [0.1, 0.15) is 11.4 Å². The first-order valence-electron chi connectivity index (χ1n) is 10.7. The Balaban J connectivity index is 0.00000364. The molecule has 0 N–H and O–H groups in total. The van der Waals surface area contributed by atoms with Crippen molar-refractivity contribution in [2.24, 2.45) is 0 Å². The summed E-state index contributed by atoms with van der Waals surface area (Å²) >= 11 is 0. The molecule has 0 aliphatic rings. The number of quaternary nitrogens is 1. The Kier molecular flexibility index (Phi) is 12.1. The summed E-state index contributed by atoms with van der Waals surface area (Å²) in [5, 5.41) is 0. The Morgan fingerprint density at radius 1 is 0.556 bits per heavy atom. The fourth-order valence-electron chi connectivity index (χ4n) is 3.84.